The molecule has 0 radical (unpaired) electrons. The predicted molar refractivity (Wildman–Crippen MR) is 142 cm³/mol. The number of alkyl halides is 3. The summed E-state index contributed by atoms with van der Waals surface area (Å²) in [4.78, 5) is 17.1. The minimum atomic E-state index is -4.50. The van der Waals surface area contributed by atoms with E-state index in [2.05, 4.69) is 20.9 Å². The quantitative estimate of drug-likeness (QED) is 0.159. The number of ether oxygens (including phenoxy) is 2. The molecule has 210 valence electrons. The molecule has 1 amide bonds. The lowest BCUT2D eigenvalue weighted by molar-refractivity contribution is -0.137. The van der Waals surface area contributed by atoms with E-state index in [9.17, 15) is 18.0 Å². The highest BCUT2D eigenvalue weighted by Crippen LogP contribution is 2.36. The molecule has 1 heterocycles. The van der Waals surface area contributed by atoms with Crippen molar-refractivity contribution in [2.75, 3.05) is 40.0 Å². The molecule has 3 rings (SSSR count). The van der Waals surface area contributed by atoms with E-state index in [0.29, 0.717) is 35.6 Å². The summed E-state index contributed by atoms with van der Waals surface area (Å²) >= 11 is 6.32. The number of halogens is 4. The number of carbonyl (C=O) groups is 1. The molecule has 0 unspecified atom stereocenters. The van der Waals surface area contributed by atoms with Crippen molar-refractivity contribution in [2.45, 2.75) is 12.6 Å². The fourth-order valence-corrected chi connectivity index (χ4v) is 3.77. The van der Waals surface area contributed by atoms with E-state index in [1.807, 2.05) is 0 Å². The average molecular weight is 568 g/mol. The van der Waals surface area contributed by atoms with Crippen LogP contribution in [0, 0.1) is 0 Å². The number of benzene rings is 2. The van der Waals surface area contributed by atoms with E-state index in [4.69, 9.17) is 31.9 Å². The number of carbonyl (C=O) groups excluding carboxylic acids is 1. The monoisotopic (exact) mass is 567 g/mol. The summed E-state index contributed by atoms with van der Waals surface area (Å²) in [5, 5.41) is 17.8. The molecule has 0 saturated heterocycles. The number of nitrogens with zero attached hydrogens (tertiary/aromatic N) is 1. The summed E-state index contributed by atoms with van der Waals surface area (Å²) in [7, 11) is 1.70. The Morgan fingerprint density at radius 3 is 2.72 bits per heavy atom. The van der Waals surface area contributed by atoms with Gasteiger partial charge in [0.1, 0.15) is 23.2 Å². The van der Waals surface area contributed by atoms with E-state index < -0.39 is 11.7 Å². The number of hydrogen-bond donors (Lipinski definition) is 5. The Hall–Kier alpha value is -3.74. The zero-order valence-electron chi connectivity index (χ0n) is 21.1. The van der Waals surface area contributed by atoms with Gasteiger partial charge < -0.3 is 36.3 Å². The lowest BCUT2D eigenvalue weighted by Crippen LogP contribution is -2.30. The van der Waals surface area contributed by atoms with Crippen molar-refractivity contribution in [3.8, 4) is 11.5 Å². The van der Waals surface area contributed by atoms with Crippen molar-refractivity contribution in [2.24, 2.45) is 10.7 Å². The smallest absolute Gasteiger partial charge is 0.416 e. The van der Waals surface area contributed by atoms with Gasteiger partial charge in [-0.15, -0.1) is 0 Å². The molecule has 0 saturated carbocycles. The van der Waals surface area contributed by atoms with Gasteiger partial charge in [0, 0.05) is 25.7 Å². The largest absolute Gasteiger partial charge is 0.456 e. The standard InChI is InChI=1S/C26H29ClF3N5O4/c1-32-24-20(13-16(7-8-33-24)25(37)34-9-11-38-12-10-36)23(31)35-18-5-6-22(21(27)15-18)39-19-4-2-3-17(14-19)26(28,29)30/h2-6,13-15,32-33,36H,7-12H2,1H3,(H2,31,35)(H,34,37). The number of amides is 1. The first kappa shape index (κ1) is 29.8. The van der Waals surface area contributed by atoms with E-state index in [1.165, 1.54) is 24.3 Å². The summed E-state index contributed by atoms with van der Waals surface area (Å²) in [6, 6.07) is 8.95. The molecule has 2 aromatic carbocycles. The van der Waals surface area contributed by atoms with Crippen LogP contribution in [0.1, 0.15) is 12.0 Å². The Balaban J connectivity index is 1.79. The van der Waals surface area contributed by atoms with E-state index in [1.54, 1.807) is 19.2 Å². The van der Waals surface area contributed by atoms with Crippen LogP contribution in [0.2, 0.25) is 5.02 Å². The second-order valence-electron chi connectivity index (χ2n) is 8.22. The van der Waals surface area contributed by atoms with Gasteiger partial charge >= 0.3 is 6.18 Å². The maximum Gasteiger partial charge on any atom is 0.416 e. The Kier molecular flexibility index (Phi) is 10.6. The SMILES string of the molecule is CNC1=C(C(N)=Nc2ccc(Oc3cccc(C(F)(F)F)c3)c(Cl)c2)C=C(C(=O)NCCOCCO)CCN1. The van der Waals surface area contributed by atoms with Crippen LogP contribution in [0.5, 0.6) is 11.5 Å². The van der Waals surface area contributed by atoms with Gasteiger partial charge in [0.15, 0.2) is 0 Å². The summed E-state index contributed by atoms with van der Waals surface area (Å²) in [6.07, 6.45) is -2.43. The number of aliphatic hydroxyl groups is 1. The molecule has 1 aliphatic rings. The van der Waals surface area contributed by atoms with Crippen LogP contribution in [0.15, 0.2) is 70.5 Å². The van der Waals surface area contributed by atoms with Gasteiger partial charge in [-0.3, -0.25) is 4.79 Å². The zero-order valence-corrected chi connectivity index (χ0v) is 21.8. The molecule has 0 atom stereocenters. The van der Waals surface area contributed by atoms with Gasteiger partial charge in [-0.2, -0.15) is 13.2 Å². The molecule has 39 heavy (non-hydrogen) atoms. The topological polar surface area (TPSA) is 130 Å². The highest BCUT2D eigenvalue weighted by Gasteiger charge is 2.30. The predicted octanol–water partition coefficient (Wildman–Crippen LogP) is 3.62. The molecule has 13 heteroatoms. The summed E-state index contributed by atoms with van der Waals surface area (Å²) in [5.74, 6) is 0.494. The fraction of sp³-hybridized carbons (Fsp3) is 0.308. The van der Waals surface area contributed by atoms with Gasteiger partial charge in [0.05, 0.1) is 41.7 Å². The molecule has 0 aliphatic carbocycles. The third-order valence-electron chi connectivity index (χ3n) is 5.42. The van der Waals surface area contributed by atoms with Crippen LogP contribution >= 0.6 is 11.6 Å². The average Bonchev–Trinajstić information content (AvgIpc) is 3.12. The molecular weight excluding hydrogens is 539 g/mol. The Bertz CT molecular complexity index is 1260. The molecule has 9 nitrogen and oxygen atoms in total. The number of hydrogen-bond acceptors (Lipinski definition) is 7. The number of nitrogens with two attached hydrogens (primary N) is 1. The first-order valence-electron chi connectivity index (χ1n) is 11.9. The number of nitrogens with one attached hydrogen (secondary N) is 3. The normalized spacial score (nSPS) is 14.3. The lowest BCUT2D eigenvalue weighted by atomic mass is 10.1. The van der Waals surface area contributed by atoms with Gasteiger partial charge in [-0.25, -0.2) is 4.99 Å². The van der Waals surface area contributed by atoms with Crippen molar-refractivity contribution in [3.63, 3.8) is 0 Å². The number of amidine groups is 1. The van der Waals surface area contributed by atoms with Crippen LogP contribution in [0.4, 0.5) is 18.9 Å². The molecule has 2 aromatic rings. The summed E-state index contributed by atoms with van der Waals surface area (Å²) in [5.41, 5.74) is 6.77. The van der Waals surface area contributed by atoms with Crippen molar-refractivity contribution in [1.29, 1.82) is 0 Å². The lowest BCUT2D eigenvalue weighted by Gasteiger charge is -2.13. The van der Waals surface area contributed by atoms with Crippen molar-refractivity contribution in [1.82, 2.24) is 16.0 Å². The molecule has 0 bridgehead atoms. The van der Waals surface area contributed by atoms with Gasteiger partial charge in [-0.05, 0) is 48.9 Å². The maximum atomic E-state index is 13.0. The van der Waals surface area contributed by atoms with Crippen LogP contribution in [-0.4, -0.2) is 56.8 Å². The van der Waals surface area contributed by atoms with Crippen molar-refractivity contribution >= 4 is 29.0 Å². The second-order valence-corrected chi connectivity index (χ2v) is 8.62. The van der Waals surface area contributed by atoms with Crippen LogP contribution in [0.25, 0.3) is 0 Å². The van der Waals surface area contributed by atoms with Gasteiger partial charge in [0.25, 0.3) is 0 Å². The summed E-state index contributed by atoms with van der Waals surface area (Å²) in [6.45, 7) is 1.11. The second kappa shape index (κ2) is 13.9. The minimum absolute atomic E-state index is 0.0215. The minimum Gasteiger partial charge on any atom is -0.456 e. The molecular formula is C26H29ClF3N5O4. The Labute approximate surface area is 228 Å². The molecule has 0 spiro atoms. The molecule has 1 aliphatic heterocycles. The Morgan fingerprint density at radius 1 is 1.23 bits per heavy atom. The number of rotatable bonds is 11. The first-order chi connectivity index (χ1) is 18.6. The van der Waals surface area contributed by atoms with Crippen molar-refractivity contribution in [3.05, 3.63) is 76.1 Å². The van der Waals surface area contributed by atoms with E-state index in [0.717, 1.165) is 12.1 Å². The summed E-state index contributed by atoms with van der Waals surface area (Å²) < 4.78 is 49.7. The van der Waals surface area contributed by atoms with E-state index in [-0.39, 0.29) is 54.6 Å². The first-order valence-corrected chi connectivity index (χ1v) is 12.3. The van der Waals surface area contributed by atoms with Gasteiger partial charge in [0.2, 0.25) is 5.91 Å². The molecule has 0 fully saturated rings. The third-order valence-corrected chi connectivity index (χ3v) is 5.72. The van der Waals surface area contributed by atoms with Crippen LogP contribution < -0.4 is 26.4 Å². The number of aliphatic hydroxyl groups excluding tert-OH is 1. The molecule has 6 N–H and O–H groups in total. The fourth-order valence-electron chi connectivity index (χ4n) is 3.56. The highest BCUT2D eigenvalue weighted by molar-refractivity contribution is 6.32. The van der Waals surface area contributed by atoms with Crippen LogP contribution in [0.3, 0.4) is 0 Å². The highest BCUT2D eigenvalue weighted by atomic mass is 35.5. The Morgan fingerprint density at radius 2 is 2.03 bits per heavy atom. The van der Waals surface area contributed by atoms with E-state index >= 15 is 0 Å². The van der Waals surface area contributed by atoms with Crippen molar-refractivity contribution < 1.29 is 32.5 Å². The zero-order chi connectivity index (χ0) is 28.4. The molecule has 0 aromatic heterocycles. The maximum absolute atomic E-state index is 13.0. The number of aliphatic imine (C=N–C) groups is 1. The van der Waals surface area contributed by atoms with Crippen LogP contribution in [-0.2, 0) is 15.7 Å². The third kappa shape index (κ3) is 8.63. The van der Waals surface area contributed by atoms with Gasteiger partial charge in [-0.1, -0.05) is 17.7 Å².